The number of ether oxygens (including phenoxy) is 3. The van der Waals surface area contributed by atoms with Crippen molar-refractivity contribution in [2.24, 2.45) is 5.92 Å². The molecule has 0 radical (unpaired) electrons. The van der Waals surface area contributed by atoms with Crippen molar-refractivity contribution in [2.45, 2.75) is 58.2 Å². The number of rotatable bonds is 13. The summed E-state index contributed by atoms with van der Waals surface area (Å²) in [5.41, 5.74) is 2.27. The van der Waals surface area contributed by atoms with Gasteiger partial charge in [0.05, 0.1) is 19.8 Å². The minimum Gasteiger partial charge on any atom is -0.490 e. The van der Waals surface area contributed by atoms with E-state index < -0.39 is 23.7 Å². The summed E-state index contributed by atoms with van der Waals surface area (Å²) < 4.78 is 61.7. The molecule has 0 bridgehead atoms. The maximum Gasteiger partial charge on any atom is 0.201 e. The summed E-state index contributed by atoms with van der Waals surface area (Å²) in [7, 11) is 0. The Morgan fingerprint density at radius 3 is 2.18 bits per heavy atom. The number of hydrogen-bond acceptors (Lipinski definition) is 3. The first-order valence-electron chi connectivity index (χ1n) is 13.9. The van der Waals surface area contributed by atoms with E-state index in [0.717, 1.165) is 44.9 Å². The van der Waals surface area contributed by atoms with Crippen LogP contribution in [0.3, 0.4) is 0 Å². The molecule has 1 aliphatic heterocycles. The normalized spacial score (nSPS) is 17.2. The minimum absolute atomic E-state index is 0.0799. The average Bonchev–Trinajstić information content (AvgIpc) is 2.96. The van der Waals surface area contributed by atoms with E-state index >= 15 is 4.39 Å². The van der Waals surface area contributed by atoms with Crippen LogP contribution < -0.4 is 4.74 Å². The first kappa shape index (κ1) is 28.9. The van der Waals surface area contributed by atoms with Crippen LogP contribution in [0.1, 0.15) is 63.7 Å². The lowest BCUT2D eigenvalue weighted by atomic mass is 9.98. The summed E-state index contributed by atoms with van der Waals surface area (Å²) >= 11 is 0. The van der Waals surface area contributed by atoms with E-state index in [1.807, 2.05) is 6.08 Å². The Hall–Kier alpha value is -3.09. The van der Waals surface area contributed by atoms with Gasteiger partial charge in [0.1, 0.15) is 5.82 Å². The molecular formula is C33H37F3O3. The summed E-state index contributed by atoms with van der Waals surface area (Å²) in [4.78, 5) is 0. The van der Waals surface area contributed by atoms with Crippen molar-refractivity contribution in [1.82, 2.24) is 0 Å². The molecule has 0 aliphatic carbocycles. The highest BCUT2D eigenvalue weighted by Crippen LogP contribution is 2.34. The molecule has 0 atom stereocenters. The van der Waals surface area contributed by atoms with Gasteiger partial charge < -0.3 is 14.2 Å². The highest BCUT2D eigenvalue weighted by molar-refractivity contribution is 5.71. The van der Waals surface area contributed by atoms with Gasteiger partial charge in [-0.1, -0.05) is 75.1 Å². The molecule has 3 aromatic rings. The Morgan fingerprint density at radius 2 is 1.51 bits per heavy atom. The quantitative estimate of drug-likeness (QED) is 0.160. The number of benzene rings is 3. The topological polar surface area (TPSA) is 27.7 Å². The molecule has 4 rings (SSSR count). The Morgan fingerprint density at radius 1 is 0.846 bits per heavy atom. The highest BCUT2D eigenvalue weighted by atomic mass is 19.2. The van der Waals surface area contributed by atoms with Gasteiger partial charge in [-0.2, -0.15) is 4.39 Å². The summed E-state index contributed by atoms with van der Waals surface area (Å²) in [5, 5.41) is 0. The van der Waals surface area contributed by atoms with Crippen LogP contribution in [0.5, 0.6) is 5.75 Å². The molecule has 0 N–H and O–H groups in total. The van der Waals surface area contributed by atoms with Gasteiger partial charge in [-0.3, -0.25) is 0 Å². The van der Waals surface area contributed by atoms with Crippen LogP contribution in [-0.4, -0.2) is 19.8 Å². The van der Waals surface area contributed by atoms with Gasteiger partial charge in [-0.05, 0) is 48.6 Å². The molecule has 0 unspecified atom stereocenters. The molecule has 0 saturated carbocycles. The number of halogens is 3. The van der Waals surface area contributed by atoms with Crippen molar-refractivity contribution < 1.29 is 27.4 Å². The second kappa shape index (κ2) is 14.3. The Balaban J connectivity index is 1.39. The maximum atomic E-state index is 15.1. The molecule has 6 heteroatoms. The molecule has 3 nitrogen and oxygen atoms in total. The van der Waals surface area contributed by atoms with Crippen molar-refractivity contribution in [3.05, 3.63) is 90.3 Å². The Kier molecular flexibility index (Phi) is 10.6. The van der Waals surface area contributed by atoms with E-state index in [9.17, 15) is 8.78 Å². The van der Waals surface area contributed by atoms with Crippen LogP contribution in [0.15, 0.2) is 67.3 Å². The molecule has 39 heavy (non-hydrogen) atoms. The van der Waals surface area contributed by atoms with Crippen LogP contribution in [-0.2, 0) is 9.47 Å². The lowest BCUT2D eigenvalue weighted by Gasteiger charge is -2.29. The zero-order chi connectivity index (χ0) is 27.6. The van der Waals surface area contributed by atoms with E-state index in [2.05, 4.69) is 13.5 Å². The van der Waals surface area contributed by atoms with Crippen LogP contribution in [0.4, 0.5) is 13.2 Å². The van der Waals surface area contributed by atoms with Gasteiger partial charge in [0.15, 0.2) is 17.9 Å². The molecule has 1 fully saturated rings. The molecule has 1 aliphatic rings. The Bertz CT molecular complexity index is 1220. The van der Waals surface area contributed by atoms with Crippen molar-refractivity contribution in [3.8, 4) is 28.0 Å². The van der Waals surface area contributed by atoms with Gasteiger partial charge in [0.25, 0.3) is 0 Å². The fourth-order valence-electron chi connectivity index (χ4n) is 4.75. The van der Waals surface area contributed by atoms with Crippen LogP contribution in [0, 0.1) is 23.4 Å². The fourth-order valence-corrected chi connectivity index (χ4v) is 4.75. The molecular weight excluding hydrogens is 501 g/mol. The van der Waals surface area contributed by atoms with E-state index in [4.69, 9.17) is 14.2 Å². The predicted octanol–water partition coefficient (Wildman–Crippen LogP) is 9.41. The van der Waals surface area contributed by atoms with E-state index in [-0.39, 0.29) is 11.3 Å². The highest BCUT2D eigenvalue weighted by Gasteiger charge is 2.24. The third kappa shape index (κ3) is 7.52. The van der Waals surface area contributed by atoms with Crippen molar-refractivity contribution in [3.63, 3.8) is 0 Å². The third-order valence-corrected chi connectivity index (χ3v) is 7.07. The molecule has 1 saturated heterocycles. The Labute approximate surface area is 229 Å². The number of unbranched alkanes of at least 4 members (excludes halogenated alkanes) is 4. The molecule has 208 valence electrons. The van der Waals surface area contributed by atoms with Crippen molar-refractivity contribution >= 4 is 0 Å². The smallest absolute Gasteiger partial charge is 0.201 e. The molecule has 1 heterocycles. The van der Waals surface area contributed by atoms with Crippen LogP contribution >= 0.6 is 0 Å². The largest absolute Gasteiger partial charge is 0.490 e. The van der Waals surface area contributed by atoms with Gasteiger partial charge >= 0.3 is 0 Å². The lowest BCUT2D eigenvalue weighted by molar-refractivity contribution is -0.205. The summed E-state index contributed by atoms with van der Waals surface area (Å²) in [6.45, 7) is 7.36. The third-order valence-electron chi connectivity index (χ3n) is 7.07. The summed E-state index contributed by atoms with van der Waals surface area (Å²) in [6, 6.07) is 14.6. The predicted molar refractivity (Wildman–Crippen MR) is 149 cm³/mol. The van der Waals surface area contributed by atoms with Crippen LogP contribution in [0.25, 0.3) is 22.3 Å². The standard InChI is InChI=1S/C33H37F3O3/c1-3-5-7-8-9-19-37-30-18-17-28(31(35)32(30)36)25-13-11-24(12-14-25)27-16-15-26(20-29(27)34)33-38-21-23(22-39-33)10-6-4-2/h4,11-18,20,23,33H,2-3,5-10,19,21-22H2,1H3. The van der Waals surface area contributed by atoms with Gasteiger partial charge in [-0.25, -0.2) is 8.78 Å². The van der Waals surface area contributed by atoms with Gasteiger partial charge in [0, 0.05) is 22.6 Å². The fraction of sp³-hybridized carbons (Fsp3) is 0.394. The van der Waals surface area contributed by atoms with E-state index in [1.54, 1.807) is 36.4 Å². The van der Waals surface area contributed by atoms with Crippen LogP contribution in [0.2, 0.25) is 0 Å². The second-order valence-corrected chi connectivity index (χ2v) is 10.0. The number of hydrogen-bond donors (Lipinski definition) is 0. The summed E-state index contributed by atoms with van der Waals surface area (Å²) in [6.07, 6.45) is 8.37. The average molecular weight is 539 g/mol. The molecule has 0 spiro atoms. The first-order chi connectivity index (χ1) is 19.0. The SMILES string of the molecule is C=CCCC1COC(c2ccc(-c3ccc(-c4ccc(OCCCCCCC)c(F)c4F)cc3)c(F)c2)OC1. The number of allylic oxidation sites excluding steroid dienone is 1. The first-order valence-corrected chi connectivity index (χ1v) is 13.9. The lowest BCUT2D eigenvalue weighted by Crippen LogP contribution is -2.27. The van der Waals surface area contributed by atoms with Crippen molar-refractivity contribution in [2.75, 3.05) is 19.8 Å². The zero-order valence-corrected chi connectivity index (χ0v) is 22.6. The monoisotopic (exact) mass is 538 g/mol. The van der Waals surface area contributed by atoms with Gasteiger partial charge in [0.2, 0.25) is 5.82 Å². The van der Waals surface area contributed by atoms with E-state index in [1.165, 1.54) is 18.2 Å². The molecule has 0 aromatic heterocycles. The van der Waals surface area contributed by atoms with Crippen molar-refractivity contribution in [1.29, 1.82) is 0 Å². The minimum atomic E-state index is -0.994. The second-order valence-electron chi connectivity index (χ2n) is 10.0. The van der Waals surface area contributed by atoms with Gasteiger partial charge in [-0.15, -0.1) is 6.58 Å². The maximum absolute atomic E-state index is 15.1. The summed E-state index contributed by atoms with van der Waals surface area (Å²) in [5.74, 6) is -2.13. The van der Waals surface area contributed by atoms with E-state index in [0.29, 0.717) is 48.0 Å². The molecule has 3 aromatic carbocycles. The zero-order valence-electron chi connectivity index (χ0n) is 22.6. The molecule has 0 amide bonds.